The lowest BCUT2D eigenvalue weighted by Gasteiger charge is -1.99. The summed E-state index contributed by atoms with van der Waals surface area (Å²) in [4.78, 5) is 16.0. The SMILES string of the molecule is CNc1nnc(-c2ccc(-c3cccs3)[nH]c2=O)s1. The molecule has 3 heterocycles. The van der Waals surface area contributed by atoms with Crippen LogP contribution >= 0.6 is 22.7 Å². The Hall–Kier alpha value is -1.99. The van der Waals surface area contributed by atoms with Gasteiger partial charge in [-0.3, -0.25) is 4.79 Å². The largest absolute Gasteiger partial charge is 0.363 e. The molecule has 3 aromatic heterocycles. The summed E-state index contributed by atoms with van der Waals surface area (Å²) in [5, 5.41) is 14.1. The monoisotopic (exact) mass is 290 g/mol. The van der Waals surface area contributed by atoms with Crippen LogP contribution in [0.15, 0.2) is 34.4 Å². The van der Waals surface area contributed by atoms with E-state index in [0.717, 1.165) is 10.6 Å². The van der Waals surface area contributed by atoms with E-state index in [4.69, 9.17) is 0 Å². The molecule has 0 aliphatic carbocycles. The number of thiophene rings is 1. The van der Waals surface area contributed by atoms with E-state index < -0.39 is 0 Å². The lowest BCUT2D eigenvalue weighted by molar-refractivity contribution is 1.09. The number of anilines is 1. The van der Waals surface area contributed by atoms with Gasteiger partial charge in [-0.1, -0.05) is 17.4 Å². The highest BCUT2D eigenvalue weighted by molar-refractivity contribution is 7.18. The highest BCUT2D eigenvalue weighted by Crippen LogP contribution is 2.26. The van der Waals surface area contributed by atoms with Gasteiger partial charge in [0.25, 0.3) is 5.56 Å². The summed E-state index contributed by atoms with van der Waals surface area (Å²) >= 11 is 2.94. The van der Waals surface area contributed by atoms with Crippen LogP contribution in [0.2, 0.25) is 0 Å². The van der Waals surface area contributed by atoms with Crippen LogP contribution in [0.25, 0.3) is 21.1 Å². The third kappa shape index (κ3) is 2.29. The lowest BCUT2D eigenvalue weighted by atomic mass is 10.2. The first-order chi connectivity index (χ1) is 9.28. The van der Waals surface area contributed by atoms with Gasteiger partial charge >= 0.3 is 0 Å². The molecule has 0 aromatic carbocycles. The Morgan fingerprint density at radius 1 is 1.26 bits per heavy atom. The number of nitrogens with one attached hydrogen (secondary N) is 2. The molecule has 0 saturated heterocycles. The molecule has 0 amide bonds. The molecule has 5 nitrogen and oxygen atoms in total. The Kier molecular flexibility index (Phi) is 3.14. The number of pyridine rings is 1. The van der Waals surface area contributed by atoms with E-state index in [9.17, 15) is 4.79 Å². The van der Waals surface area contributed by atoms with Crippen molar-refractivity contribution in [2.45, 2.75) is 0 Å². The predicted molar refractivity (Wildman–Crippen MR) is 78.8 cm³/mol. The normalized spacial score (nSPS) is 10.6. The van der Waals surface area contributed by atoms with Crippen LogP contribution in [0.5, 0.6) is 0 Å². The van der Waals surface area contributed by atoms with Crippen LogP contribution < -0.4 is 10.9 Å². The van der Waals surface area contributed by atoms with Gasteiger partial charge < -0.3 is 10.3 Å². The fourth-order valence-electron chi connectivity index (χ4n) is 1.65. The van der Waals surface area contributed by atoms with E-state index in [1.807, 2.05) is 23.6 Å². The van der Waals surface area contributed by atoms with Crippen LogP contribution in [0.3, 0.4) is 0 Å². The van der Waals surface area contributed by atoms with Crippen LogP contribution in [0.4, 0.5) is 5.13 Å². The van der Waals surface area contributed by atoms with Crippen molar-refractivity contribution in [1.29, 1.82) is 0 Å². The fraction of sp³-hybridized carbons (Fsp3) is 0.0833. The molecule has 0 spiro atoms. The second kappa shape index (κ2) is 4.94. The van der Waals surface area contributed by atoms with Gasteiger partial charge in [-0.2, -0.15) is 0 Å². The molecule has 0 bridgehead atoms. The van der Waals surface area contributed by atoms with E-state index in [1.54, 1.807) is 24.5 Å². The second-order valence-electron chi connectivity index (χ2n) is 3.75. The summed E-state index contributed by atoms with van der Waals surface area (Å²) in [5.74, 6) is 0. The Bertz CT molecular complexity index is 745. The number of hydrogen-bond donors (Lipinski definition) is 2. The highest BCUT2D eigenvalue weighted by Gasteiger charge is 2.10. The molecule has 3 rings (SSSR count). The predicted octanol–water partition coefficient (Wildman–Crippen LogP) is 2.66. The molecule has 0 atom stereocenters. The van der Waals surface area contributed by atoms with Crippen molar-refractivity contribution in [3.05, 3.63) is 40.0 Å². The standard InChI is InChI=1S/C12H10N4OS2/c1-13-12-16-15-11(19-12)7-4-5-8(14-10(7)17)9-3-2-6-18-9/h2-6H,1H3,(H,13,16)(H,14,17). The first-order valence-corrected chi connectivity index (χ1v) is 7.26. The van der Waals surface area contributed by atoms with Gasteiger partial charge in [-0.15, -0.1) is 21.5 Å². The molecule has 96 valence electrons. The number of nitrogens with zero attached hydrogens (tertiary/aromatic N) is 2. The third-order valence-electron chi connectivity index (χ3n) is 2.57. The maximum absolute atomic E-state index is 12.1. The van der Waals surface area contributed by atoms with Crippen molar-refractivity contribution in [2.24, 2.45) is 0 Å². The van der Waals surface area contributed by atoms with Gasteiger partial charge in [0.1, 0.15) is 0 Å². The molecule has 7 heteroatoms. The molecule has 2 N–H and O–H groups in total. The molecule has 0 saturated carbocycles. The molecule has 19 heavy (non-hydrogen) atoms. The number of aromatic amines is 1. The zero-order valence-electron chi connectivity index (χ0n) is 10.0. The second-order valence-corrected chi connectivity index (χ2v) is 5.68. The molecule has 0 aliphatic rings. The van der Waals surface area contributed by atoms with Gasteiger partial charge in [-0.25, -0.2) is 0 Å². The van der Waals surface area contributed by atoms with E-state index in [-0.39, 0.29) is 5.56 Å². The maximum Gasteiger partial charge on any atom is 0.258 e. The zero-order valence-corrected chi connectivity index (χ0v) is 11.6. The van der Waals surface area contributed by atoms with Crippen LogP contribution in [0, 0.1) is 0 Å². The molecule has 0 fully saturated rings. The minimum Gasteiger partial charge on any atom is -0.363 e. The van der Waals surface area contributed by atoms with Crippen molar-refractivity contribution in [1.82, 2.24) is 15.2 Å². The molecular formula is C12H10N4OS2. The van der Waals surface area contributed by atoms with Gasteiger partial charge in [0.05, 0.1) is 16.1 Å². The summed E-state index contributed by atoms with van der Waals surface area (Å²) in [5.41, 5.74) is 1.21. The summed E-state index contributed by atoms with van der Waals surface area (Å²) < 4.78 is 0. The van der Waals surface area contributed by atoms with E-state index >= 15 is 0 Å². The number of aromatic nitrogens is 3. The first-order valence-electron chi connectivity index (χ1n) is 5.57. The molecule has 0 radical (unpaired) electrons. The minimum atomic E-state index is -0.148. The summed E-state index contributed by atoms with van der Waals surface area (Å²) in [6, 6.07) is 7.60. The van der Waals surface area contributed by atoms with E-state index in [1.165, 1.54) is 11.3 Å². The topological polar surface area (TPSA) is 70.7 Å². The van der Waals surface area contributed by atoms with Crippen LogP contribution in [0.1, 0.15) is 0 Å². The molecule has 3 aromatic rings. The zero-order chi connectivity index (χ0) is 13.2. The Morgan fingerprint density at radius 3 is 2.79 bits per heavy atom. The van der Waals surface area contributed by atoms with Gasteiger partial charge in [0, 0.05) is 7.05 Å². The number of rotatable bonds is 3. The fourth-order valence-corrected chi connectivity index (χ4v) is 3.08. The van der Waals surface area contributed by atoms with Crippen molar-refractivity contribution >= 4 is 27.8 Å². The maximum atomic E-state index is 12.1. The van der Waals surface area contributed by atoms with Crippen LogP contribution in [-0.4, -0.2) is 22.2 Å². The van der Waals surface area contributed by atoms with E-state index in [0.29, 0.717) is 15.7 Å². The average molecular weight is 290 g/mol. The lowest BCUT2D eigenvalue weighted by Crippen LogP contribution is -2.08. The smallest absolute Gasteiger partial charge is 0.258 e. The Balaban J connectivity index is 2.03. The van der Waals surface area contributed by atoms with Crippen molar-refractivity contribution in [2.75, 3.05) is 12.4 Å². The average Bonchev–Trinajstić information content (AvgIpc) is 3.10. The van der Waals surface area contributed by atoms with Gasteiger partial charge in [0.15, 0.2) is 5.01 Å². The highest BCUT2D eigenvalue weighted by atomic mass is 32.1. The summed E-state index contributed by atoms with van der Waals surface area (Å²) in [7, 11) is 1.77. The summed E-state index contributed by atoms with van der Waals surface area (Å²) in [6.45, 7) is 0. The molecule has 0 aliphatic heterocycles. The number of hydrogen-bond acceptors (Lipinski definition) is 6. The van der Waals surface area contributed by atoms with Crippen molar-refractivity contribution in [3.8, 4) is 21.1 Å². The van der Waals surface area contributed by atoms with Gasteiger partial charge in [0.2, 0.25) is 5.13 Å². The van der Waals surface area contributed by atoms with Gasteiger partial charge in [-0.05, 0) is 23.6 Å². The quantitative estimate of drug-likeness (QED) is 0.778. The Morgan fingerprint density at radius 2 is 2.16 bits per heavy atom. The molecule has 0 unspecified atom stereocenters. The first kappa shape index (κ1) is 12.1. The van der Waals surface area contributed by atoms with E-state index in [2.05, 4.69) is 20.5 Å². The van der Waals surface area contributed by atoms with Crippen molar-refractivity contribution in [3.63, 3.8) is 0 Å². The molecular weight excluding hydrogens is 280 g/mol. The number of H-pyrrole nitrogens is 1. The Labute approximate surface area is 117 Å². The van der Waals surface area contributed by atoms with Crippen LogP contribution in [-0.2, 0) is 0 Å². The third-order valence-corrected chi connectivity index (χ3v) is 4.44. The van der Waals surface area contributed by atoms with Crippen molar-refractivity contribution < 1.29 is 0 Å². The summed E-state index contributed by atoms with van der Waals surface area (Å²) in [6.07, 6.45) is 0. The minimum absolute atomic E-state index is 0.148.